The molecule has 15 heavy (non-hydrogen) atoms. The van der Waals surface area contributed by atoms with E-state index in [-0.39, 0.29) is 6.10 Å². The number of aromatic nitrogens is 1. The van der Waals surface area contributed by atoms with Crippen molar-refractivity contribution in [3.05, 3.63) is 30.1 Å². The molecule has 0 radical (unpaired) electrons. The highest BCUT2D eigenvalue weighted by Gasteiger charge is 2.04. The van der Waals surface area contributed by atoms with Crippen molar-refractivity contribution in [2.45, 2.75) is 32.3 Å². The molecule has 0 aliphatic rings. The van der Waals surface area contributed by atoms with Gasteiger partial charge in [0.1, 0.15) is 0 Å². The topological polar surface area (TPSA) is 42.4 Å². The number of aliphatic hydroxyl groups excluding tert-OH is 1. The van der Waals surface area contributed by atoms with Gasteiger partial charge >= 0.3 is 0 Å². The summed E-state index contributed by atoms with van der Waals surface area (Å²) in [4.78, 5) is 3.94. The van der Waals surface area contributed by atoms with Crippen LogP contribution >= 0.6 is 0 Å². The molecule has 0 aliphatic heterocycles. The van der Waals surface area contributed by atoms with Crippen molar-refractivity contribution in [3.63, 3.8) is 0 Å². The van der Waals surface area contributed by atoms with Gasteiger partial charge in [-0.2, -0.15) is 0 Å². The van der Waals surface area contributed by atoms with Crippen molar-refractivity contribution in [2.24, 2.45) is 0 Å². The summed E-state index contributed by atoms with van der Waals surface area (Å²) in [7, 11) is 0. The van der Waals surface area contributed by atoms with Crippen LogP contribution < -0.4 is 0 Å². The van der Waals surface area contributed by atoms with E-state index in [0.717, 1.165) is 31.6 Å². The third kappa shape index (κ3) is 5.50. The lowest BCUT2D eigenvalue weighted by molar-refractivity contribution is 0.114. The van der Waals surface area contributed by atoms with Gasteiger partial charge in [-0.3, -0.25) is 4.98 Å². The van der Waals surface area contributed by atoms with Crippen molar-refractivity contribution in [1.82, 2.24) is 4.98 Å². The van der Waals surface area contributed by atoms with Gasteiger partial charge in [-0.1, -0.05) is 0 Å². The first-order valence-corrected chi connectivity index (χ1v) is 5.47. The molecule has 0 spiro atoms. The molecule has 3 nitrogen and oxygen atoms in total. The number of ether oxygens (including phenoxy) is 1. The highest BCUT2D eigenvalue weighted by molar-refractivity contribution is 5.10. The smallest absolute Gasteiger partial charge is 0.0581 e. The minimum atomic E-state index is -0.271. The molecule has 1 aromatic rings. The molecule has 1 rings (SSSR count). The van der Waals surface area contributed by atoms with Crippen LogP contribution in [-0.2, 0) is 11.2 Å². The Balaban J connectivity index is 2.16. The molecule has 84 valence electrons. The lowest BCUT2D eigenvalue weighted by Gasteiger charge is -2.10. The van der Waals surface area contributed by atoms with Gasteiger partial charge in [-0.15, -0.1) is 0 Å². The normalized spacial score (nSPS) is 12.7. The fourth-order valence-corrected chi connectivity index (χ4v) is 1.46. The molecule has 1 unspecified atom stereocenters. The summed E-state index contributed by atoms with van der Waals surface area (Å²) in [5.41, 5.74) is 1.13. The number of pyridine rings is 1. The highest BCUT2D eigenvalue weighted by Crippen LogP contribution is 2.06. The molecule has 1 N–H and O–H groups in total. The molecule has 0 saturated heterocycles. The summed E-state index contributed by atoms with van der Waals surface area (Å²) in [5.74, 6) is 0. The van der Waals surface area contributed by atoms with Crippen LogP contribution in [0.1, 0.15) is 25.3 Å². The zero-order chi connectivity index (χ0) is 10.9. The minimum Gasteiger partial charge on any atom is -0.393 e. The molecule has 3 heteroatoms. The molecule has 0 saturated carbocycles. The second-order valence-corrected chi connectivity index (χ2v) is 3.55. The molecule has 0 aromatic carbocycles. The zero-order valence-corrected chi connectivity index (χ0v) is 9.22. The summed E-state index contributed by atoms with van der Waals surface area (Å²) in [6.45, 7) is 3.47. The van der Waals surface area contributed by atoms with Crippen LogP contribution in [0.2, 0.25) is 0 Å². The van der Waals surface area contributed by atoms with Gasteiger partial charge in [0.05, 0.1) is 6.10 Å². The third-order valence-corrected chi connectivity index (χ3v) is 2.25. The van der Waals surface area contributed by atoms with Crippen molar-refractivity contribution in [2.75, 3.05) is 13.2 Å². The predicted molar refractivity (Wildman–Crippen MR) is 59.7 cm³/mol. The van der Waals surface area contributed by atoms with E-state index < -0.39 is 0 Å². The summed E-state index contributed by atoms with van der Waals surface area (Å²) in [5, 5.41) is 9.73. The molecule has 0 amide bonds. The van der Waals surface area contributed by atoms with Crippen LogP contribution in [0.15, 0.2) is 24.5 Å². The first-order valence-electron chi connectivity index (χ1n) is 5.47. The van der Waals surface area contributed by atoms with E-state index >= 15 is 0 Å². The molecule has 1 atom stereocenters. The van der Waals surface area contributed by atoms with E-state index in [9.17, 15) is 5.11 Å². The molecular formula is C12H19NO2. The van der Waals surface area contributed by atoms with Gasteiger partial charge < -0.3 is 9.84 Å². The van der Waals surface area contributed by atoms with Gasteiger partial charge in [0.2, 0.25) is 0 Å². The Morgan fingerprint density at radius 2 is 2.13 bits per heavy atom. The maximum absolute atomic E-state index is 9.73. The lowest BCUT2D eigenvalue weighted by atomic mass is 10.1. The Hall–Kier alpha value is -0.930. The Labute approximate surface area is 91.1 Å². The first kappa shape index (κ1) is 12.1. The summed E-state index contributed by atoms with van der Waals surface area (Å²) < 4.78 is 5.21. The quantitative estimate of drug-likeness (QED) is 0.696. The number of hydrogen-bond donors (Lipinski definition) is 1. The van der Waals surface area contributed by atoms with E-state index in [1.54, 1.807) is 12.4 Å². The van der Waals surface area contributed by atoms with Crippen LogP contribution in [0.5, 0.6) is 0 Å². The number of nitrogens with zero attached hydrogens (tertiary/aromatic N) is 1. The molecule has 0 fully saturated rings. The van der Waals surface area contributed by atoms with E-state index in [0.29, 0.717) is 6.42 Å². The monoisotopic (exact) mass is 209 g/mol. The van der Waals surface area contributed by atoms with Crippen LogP contribution in [-0.4, -0.2) is 29.4 Å². The lowest BCUT2D eigenvalue weighted by Crippen LogP contribution is -2.11. The van der Waals surface area contributed by atoms with Crippen molar-refractivity contribution in [3.8, 4) is 0 Å². The average Bonchev–Trinajstić information content (AvgIpc) is 2.26. The second kappa shape index (κ2) is 7.37. The molecular weight excluding hydrogens is 190 g/mol. The molecule has 0 bridgehead atoms. The number of hydrogen-bond acceptors (Lipinski definition) is 3. The largest absolute Gasteiger partial charge is 0.393 e. The molecule has 0 aliphatic carbocycles. The van der Waals surface area contributed by atoms with Gasteiger partial charge in [-0.05, 0) is 43.9 Å². The van der Waals surface area contributed by atoms with Crippen molar-refractivity contribution < 1.29 is 9.84 Å². The van der Waals surface area contributed by atoms with Crippen LogP contribution in [0.3, 0.4) is 0 Å². The predicted octanol–water partition coefficient (Wildman–Crippen LogP) is 1.80. The van der Waals surface area contributed by atoms with Crippen LogP contribution in [0.4, 0.5) is 0 Å². The maximum Gasteiger partial charge on any atom is 0.0581 e. The molecule has 1 heterocycles. The minimum absolute atomic E-state index is 0.271. The zero-order valence-electron chi connectivity index (χ0n) is 9.22. The Bertz CT molecular complexity index is 251. The number of rotatable bonds is 7. The van der Waals surface area contributed by atoms with E-state index in [2.05, 4.69) is 4.98 Å². The van der Waals surface area contributed by atoms with Gasteiger partial charge in [0.15, 0.2) is 0 Å². The second-order valence-electron chi connectivity index (χ2n) is 3.55. The van der Waals surface area contributed by atoms with Crippen LogP contribution in [0.25, 0.3) is 0 Å². The van der Waals surface area contributed by atoms with Gasteiger partial charge in [0.25, 0.3) is 0 Å². The third-order valence-electron chi connectivity index (χ3n) is 2.25. The fraction of sp³-hybridized carbons (Fsp3) is 0.583. The van der Waals surface area contributed by atoms with Crippen LogP contribution in [0, 0.1) is 0 Å². The van der Waals surface area contributed by atoms with Crippen molar-refractivity contribution in [1.29, 1.82) is 0 Å². The fourth-order valence-electron chi connectivity index (χ4n) is 1.46. The molecule has 1 aromatic heterocycles. The Morgan fingerprint density at radius 1 is 1.40 bits per heavy atom. The van der Waals surface area contributed by atoms with E-state index in [1.165, 1.54) is 0 Å². The standard InChI is InChI=1S/C12H19NO2/c1-2-15-9-3-4-12(14)10-11-5-7-13-8-6-11/h5-8,12,14H,2-4,9-10H2,1H3. The highest BCUT2D eigenvalue weighted by atomic mass is 16.5. The van der Waals surface area contributed by atoms with E-state index in [4.69, 9.17) is 4.74 Å². The summed E-state index contributed by atoms with van der Waals surface area (Å²) in [6.07, 6.45) is 5.65. The summed E-state index contributed by atoms with van der Waals surface area (Å²) in [6, 6.07) is 3.87. The number of aliphatic hydroxyl groups is 1. The van der Waals surface area contributed by atoms with Gasteiger partial charge in [-0.25, -0.2) is 0 Å². The summed E-state index contributed by atoms with van der Waals surface area (Å²) >= 11 is 0. The Morgan fingerprint density at radius 3 is 2.80 bits per heavy atom. The first-order chi connectivity index (χ1) is 7.33. The van der Waals surface area contributed by atoms with Crippen molar-refractivity contribution >= 4 is 0 Å². The SMILES string of the molecule is CCOCCCC(O)Cc1ccncc1. The van der Waals surface area contributed by atoms with Gasteiger partial charge in [0, 0.05) is 25.6 Å². The maximum atomic E-state index is 9.73. The average molecular weight is 209 g/mol. The Kier molecular flexibility index (Phi) is 5.97. The van der Waals surface area contributed by atoms with E-state index in [1.807, 2.05) is 19.1 Å².